The van der Waals surface area contributed by atoms with Crippen molar-refractivity contribution in [1.29, 1.82) is 0 Å². The van der Waals surface area contributed by atoms with Crippen LogP contribution in [-0.4, -0.2) is 16.4 Å². The van der Waals surface area contributed by atoms with Crippen LogP contribution >= 0.6 is 0 Å². The largest absolute Gasteiger partial charge is 0.491 e. The molecular formula is C12H12F3N3O. The molecule has 0 saturated heterocycles. The van der Waals surface area contributed by atoms with E-state index in [1.54, 1.807) is 12.3 Å². The summed E-state index contributed by atoms with van der Waals surface area (Å²) in [6.45, 7) is 0.400. The van der Waals surface area contributed by atoms with Crippen LogP contribution in [0.5, 0.6) is 5.75 Å². The average Bonchev–Trinajstić information content (AvgIpc) is 2.74. The third kappa shape index (κ3) is 3.40. The Morgan fingerprint density at radius 2 is 1.95 bits per heavy atom. The summed E-state index contributed by atoms with van der Waals surface area (Å²) in [5.41, 5.74) is 4.64. The number of nitrogen functional groups attached to an aromatic ring is 1. The molecule has 0 amide bonds. The fourth-order valence-electron chi connectivity index (χ4n) is 1.58. The van der Waals surface area contributed by atoms with Gasteiger partial charge in [0.25, 0.3) is 0 Å². The molecule has 0 spiro atoms. The van der Waals surface area contributed by atoms with E-state index in [2.05, 4.69) is 5.10 Å². The van der Waals surface area contributed by atoms with E-state index >= 15 is 0 Å². The van der Waals surface area contributed by atoms with E-state index in [-0.39, 0.29) is 12.4 Å². The van der Waals surface area contributed by atoms with Crippen LogP contribution in [0.15, 0.2) is 36.5 Å². The second-order valence-electron chi connectivity index (χ2n) is 3.85. The van der Waals surface area contributed by atoms with Crippen molar-refractivity contribution < 1.29 is 17.9 Å². The number of para-hydroxylation sites is 1. The van der Waals surface area contributed by atoms with Gasteiger partial charge in [-0.25, -0.2) is 0 Å². The Morgan fingerprint density at radius 1 is 1.21 bits per heavy atom. The molecule has 0 radical (unpaired) electrons. The van der Waals surface area contributed by atoms with E-state index in [4.69, 9.17) is 10.5 Å². The second-order valence-corrected chi connectivity index (χ2v) is 3.85. The number of halogens is 3. The number of rotatable bonds is 4. The van der Waals surface area contributed by atoms with Gasteiger partial charge in [0.1, 0.15) is 18.2 Å². The minimum Gasteiger partial charge on any atom is -0.491 e. The maximum Gasteiger partial charge on any atom is 0.419 e. The van der Waals surface area contributed by atoms with Crippen molar-refractivity contribution in [3.8, 4) is 5.75 Å². The maximum atomic E-state index is 12.7. The molecule has 1 heterocycles. The first-order valence-corrected chi connectivity index (χ1v) is 5.55. The van der Waals surface area contributed by atoms with Gasteiger partial charge in [-0.3, -0.25) is 4.68 Å². The van der Waals surface area contributed by atoms with Crippen LogP contribution in [0.3, 0.4) is 0 Å². The lowest BCUT2D eigenvalue weighted by Crippen LogP contribution is -2.12. The number of anilines is 1. The molecule has 2 rings (SSSR count). The molecular weight excluding hydrogens is 259 g/mol. The predicted octanol–water partition coefficient (Wildman–Crippen LogP) is 2.56. The third-order valence-electron chi connectivity index (χ3n) is 2.43. The van der Waals surface area contributed by atoms with Crippen molar-refractivity contribution in [2.24, 2.45) is 0 Å². The lowest BCUT2D eigenvalue weighted by Gasteiger charge is -2.13. The van der Waals surface area contributed by atoms with E-state index in [1.165, 1.54) is 22.9 Å². The summed E-state index contributed by atoms with van der Waals surface area (Å²) in [7, 11) is 0. The first-order chi connectivity index (χ1) is 8.97. The zero-order chi connectivity index (χ0) is 13.9. The highest BCUT2D eigenvalue weighted by Crippen LogP contribution is 2.35. The van der Waals surface area contributed by atoms with E-state index in [9.17, 15) is 13.2 Å². The summed E-state index contributed by atoms with van der Waals surface area (Å²) in [4.78, 5) is 0. The molecule has 1 aromatic heterocycles. The first-order valence-electron chi connectivity index (χ1n) is 5.55. The van der Waals surface area contributed by atoms with Crippen LogP contribution in [0, 0.1) is 0 Å². The van der Waals surface area contributed by atoms with E-state index in [0.717, 1.165) is 6.07 Å². The van der Waals surface area contributed by atoms with Gasteiger partial charge in [-0.05, 0) is 18.2 Å². The molecule has 0 aliphatic carbocycles. The summed E-state index contributed by atoms with van der Waals surface area (Å²) >= 11 is 0. The highest BCUT2D eigenvalue weighted by molar-refractivity contribution is 5.35. The summed E-state index contributed by atoms with van der Waals surface area (Å²) in [6.07, 6.45) is -2.79. The molecule has 2 aromatic rings. The number of ether oxygens (including phenoxy) is 1. The number of hydrogen-bond donors (Lipinski definition) is 1. The van der Waals surface area contributed by atoms with Crippen molar-refractivity contribution >= 4 is 5.82 Å². The number of aromatic nitrogens is 2. The fraction of sp³-hybridized carbons (Fsp3) is 0.250. The lowest BCUT2D eigenvalue weighted by molar-refractivity contribution is -0.139. The molecule has 0 atom stereocenters. The van der Waals surface area contributed by atoms with E-state index < -0.39 is 11.7 Å². The van der Waals surface area contributed by atoms with Gasteiger partial charge in [0, 0.05) is 6.20 Å². The molecule has 2 N–H and O–H groups in total. The van der Waals surface area contributed by atoms with Gasteiger partial charge in [-0.15, -0.1) is 0 Å². The van der Waals surface area contributed by atoms with Crippen LogP contribution < -0.4 is 10.5 Å². The standard InChI is InChI=1S/C12H12F3N3O/c13-12(14,15)9-3-1-2-4-10(9)19-8-7-18-6-5-11(16)17-18/h1-6H,7-8H2,(H2,16,17). The van der Waals surface area contributed by atoms with Gasteiger partial charge in [0.2, 0.25) is 0 Å². The van der Waals surface area contributed by atoms with Crippen LogP contribution in [0.25, 0.3) is 0 Å². The normalized spacial score (nSPS) is 11.5. The van der Waals surface area contributed by atoms with Crippen molar-refractivity contribution in [2.75, 3.05) is 12.3 Å². The van der Waals surface area contributed by atoms with Gasteiger partial charge in [0.15, 0.2) is 0 Å². The van der Waals surface area contributed by atoms with Crippen molar-refractivity contribution in [3.05, 3.63) is 42.1 Å². The number of nitrogens with zero attached hydrogens (tertiary/aromatic N) is 2. The van der Waals surface area contributed by atoms with Crippen LogP contribution in [0.1, 0.15) is 5.56 Å². The van der Waals surface area contributed by atoms with Crippen LogP contribution in [-0.2, 0) is 12.7 Å². The maximum absolute atomic E-state index is 12.7. The zero-order valence-corrected chi connectivity index (χ0v) is 9.89. The van der Waals surface area contributed by atoms with E-state index in [1.807, 2.05) is 0 Å². The molecule has 0 aliphatic rings. The summed E-state index contributed by atoms with van der Waals surface area (Å²) in [5, 5.41) is 3.91. The summed E-state index contributed by atoms with van der Waals surface area (Å²) in [5.74, 6) is 0.172. The molecule has 0 fully saturated rings. The fourth-order valence-corrected chi connectivity index (χ4v) is 1.58. The Bertz CT molecular complexity index is 551. The lowest BCUT2D eigenvalue weighted by atomic mass is 10.2. The number of alkyl halides is 3. The third-order valence-corrected chi connectivity index (χ3v) is 2.43. The van der Waals surface area contributed by atoms with Crippen molar-refractivity contribution in [1.82, 2.24) is 9.78 Å². The SMILES string of the molecule is Nc1ccn(CCOc2ccccc2C(F)(F)F)n1. The molecule has 0 bridgehead atoms. The summed E-state index contributed by atoms with van der Waals surface area (Å²) < 4.78 is 44.7. The molecule has 102 valence electrons. The first kappa shape index (κ1) is 13.3. The van der Waals surface area contributed by atoms with Crippen molar-refractivity contribution in [2.45, 2.75) is 12.7 Å². The van der Waals surface area contributed by atoms with Crippen molar-refractivity contribution in [3.63, 3.8) is 0 Å². The van der Waals surface area contributed by atoms with Crippen LogP contribution in [0.2, 0.25) is 0 Å². The highest BCUT2D eigenvalue weighted by atomic mass is 19.4. The smallest absolute Gasteiger partial charge is 0.419 e. The molecule has 4 nitrogen and oxygen atoms in total. The van der Waals surface area contributed by atoms with Crippen LogP contribution in [0.4, 0.5) is 19.0 Å². The molecule has 19 heavy (non-hydrogen) atoms. The van der Waals surface area contributed by atoms with Gasteiger partial charge in [-0.1, -0.05) is 12.1 Å². The number of nitrogens with two attached hydrogens (primary N) is 1. The quantitative estimate of drug-likeness (QED) is 0.929. The zero-order valence-electron chi connectivity index (χ0n) is 9.89. The van der Waals surface area contributed by atoms with Gasteiger partial charge >= 0.3 is 6.18 Å². The van der Waals surface area contributed by atoms with Gasteiger partial charge in [-0.2, -0.15) is 18.3 Å². The predicted molar refractivity (Wildman–Crippen MR) is 63.6 cm³/mol. The Kier molecular flexibility index (Phi) is 3.64. The number of hydrogen-bond acceptors (Lipinski definition) is 3. The molecule has 1 aromatic carbocycles. The highest BCUT2D eigenvalue weighted by Gasteiger charge is 2.33. The molecule has 0 aliphatic heterocycles. The Balaban J connectivity index is 2.00. The minimum atomic E-state index is -4.42. The Morgan fingerprint density at radius 3 is 2.58 bits per heavy atom. The van der Waals surface area contributed by atoms with E-state index in [0.29, 0.717) is 12.4 Å². The molecule has 0 saturated carbocycles. The minimum absolute atomic E-state index is 0.0776. The Hall–Kier alpha value is -2.18. The Labute approximate surface area is 107 Å². The molecule has 7 heteroatoms. The summed E-state index contributed by atoms with van der Waals surface area (Å²) in [6, 6.07) is 6.70. The topological polar surface area (TPSA) is 53.1 Å². The number of benzene rings is 1. The monoisotopic (exact) mass is 271 g/mol. The second kappa shape index (κ2) is 5.21. The molecule has 0 unspecified atom stereocenters. The average molecular weight is 271 g/mol. The van der Waals surface area contributed by atoms with Gasteiger partial charge < -0.3 is 10.5 Å². The van der Waals surface area contributed by atoms with Gasteiger partial charge in [0.05, 0.1) is 12.1 Å².